The zero-order chi connectivity index (χ0) is 18.1. The van der Waals surface area contributed by atoms with Crippen molar-refractivity contribution in [1.29, 1.82) is 0 Å². The molecule has 0 amide bonds. The van der Waals surface area contributed by atoms with Gasteiger partial charge in [0.1, 0.15) is 0 Å². The summed E-state index contributed by atoms with van der Waals surface area (Å²) in [7, 11) is -2.16. The minimum absolute atomic E-state index is 0.0292. The van der Waals surface area contributed by atoms with Crippen LogP contribution in [0.3, 0.4) is 0 Å². The highest BCUT2D eigenvalue weighted by atomic mass is 32.2. The van der Waals surface area contributed by atoms with Crippen LogP contribution in [-0.4, -0.2) is 60.8 Å². The van der Waals surface area contributed by atoms with Crippen LogP contribution < -0.4 is 5.32 Å². The van der Waals surface area contributed by atoms with Gasteiger partial charge in [-0.25, -0.2) is 0 Å². The highest BCUT2D eigenvalue weighted by molar-refractivity contribution is 7.86. The largest absolute Gasteiger partial charge is 0.481 e. The van der Waals surface area contributed by atoms with Crippen molar-refractivity contribution >= 4 is 16.2 Å². The molecule has 0 bridgehead atoms. The molecule has 7 nitrogen and oxygen atoms in total. The second-order valence-corrected chi connectivity index (χ2v) is 8.98. The second kappa shape index (κ2) is 7.03. The lowest BCUT2D eigenvalue weighted by Crippen LogP contribution is -2.64. The Morgan fingerprint density at radius 3 is 2.80 bits per heavy atom. The summed E-state index contributed by atoms with van der Waals surface area (Å²) in [5, 5.41) is 13.1. The van der Waals surface area contributed by atoms with Gasteiger partial charge in [-0.2, -0.15) is 17.0 Å². The summed E-state index contributed by atoms with van der Waals surface area (Å²) in [6.45, 7) is 1.43. The Kier molecular flexibility index (Phi) is 5.15. The van der Waals surface area contributed by atoms with Crippen LogP contribution in [-0.2, 0) is 21.5 Å². The first-order valence-electron chi connectivity index (χ1n) is 8.58. The summed E-state index contributed by atoms with van der Waals surface area (Å²) in [5.74, 6) is -0.907. The summed E-state index contributed by atoms with van der Waals surface area (Å²) < 4.78 is 28.6. The first-order chi connectivity index (χ1) is 11.9. The van der Waals surface area contributed by atoms with Crippen LogP contribution in [0, 0.1) is 5.41 Å². The number of piperidine rings is 2. The molecule has 2 heterocycles. The van der Waals surface area contributed by atoms with Gasteiger partial charge in [-0.3, -0.25) is 4.79 Å². The van der Waals surface area contributed by atoms with Crippen LogP contribution in [0.15, 0.2) is 30.3 Å². The standard InChI is InChI=1S/C17H25N3O4S/c1-19(12-14-6-3-2-4-7-14)25(23,24)20-11-8-15-17(13-20,16(21)22)9-5-10-18-15/h2-4,6-7,15,18H,5,8-13H2,1H3,(H,21,22)/t15-,17+/m0/s1. The van der Waals surface area contributed by atoms with E-state index in [9.17, 15) is 18.3 Å². The van der Waals surface area contributed by atoms with E-state index >= 15 is 0 Å². The molecule has 25 heavy (non-hydrogen) atoms. The van der Waals surface area contributed by atoms with Crippen molar-refractivity contribution < 1.29 is 18.3 Å². The highest BCUT2D eigenvalue weighted by Gasteiger charge is 2.53. The fourth-order valence-corrected chi connectivity index (χ4v) is 5.36. The van der Waals surface area contributed by atoms with Crippen LogP contribution in [0.5, 0.6) is 0 Å². The van der Waals surface area contributed by atoms with Crippen LogP contribution in [0.4, 0.5) is 0 Å². The van der Waals surface area contributed by atoms with Gasteiger partial charge in [0, 0.05) is 32.7 Å². The number of carbonyl (C=O) groups is 1. The van der Waals surface area contributed by atoms with E-state index < -0.39 is 21.6 Å². The van der Waals surface area contributed by atoms with Crippen molar-refractivity contribution in [2.75, 3.05) is 26.7 Å². The number of carboxylic acids is 1. The molecule has 0 aromatic heterocycles. The molecule has 3 rings (SSSR count). The molecular weight excluding hydrogens is 342 g/mol. The Labute approximate surface area is 148 Å². The first-order valence-corrected chi connectivity index (χ1v) is 9.98. The molecule has 8 heteroatoms. The SMILES string of the molecule is CN(Cc1ccccc1)S(=O)(=O)N1CC[C@@H]2NCCC[C@@]2(C(=O)O)C1. The van der Waals surface area contributed by atoms with E-state index in [2.05, 4.69) is 5.32 Å². The van der Waals surface area contributed by atoms with Crippen LogP contribution in [0.1, 0.15) is 24.8 Å². The maximum atomic E-state index is 13.0. The average molecular weight is 367 g/mol. The molecular formula is C17H25N3O4S. The number of benzene rings is 1. The van der Waals surface area contributed by atoms with Crippen molar-refractivity contribution in [3.63, 3.8) is 0 Å². The Bertz CT molecular complexity index is 725. The summed E-state index contributed by atoms with van der Waals surface area (Å²) >= 11 is 0. The molecule has 0 spiro atoms. The van der Waals surface area contributed by atoms with Crippen molar-refractivity contribution in [2.24, 2.45) is 5.41 Å². The van der Waals surface area contributed by atoms with Gasteiger partial charge < -0.3 is 10.4 Å². The summed E-state index contributed by atoms with van der Waals surface area (Å²) in [6.07, 6.45) is 1.77. The van der Waals surface area contributed by atoms with Crippen molar-refractivity contribution in [2.45, 2.75) is 31.8 Å². The number of aliphatic carboxylic acids is 1. The van der Waals surface area contributed by atoms with E-state index in [4.69, 9.17) is 0 Å². The molecule has 2 aliphatic heterocycles. The molecule has 0 unspecified atom stereocenters. The Hall–Kier alpha value is -1.48. The summed E-state index contributed by atoms with van der Waals surface area (Å²) in [4.78, 5) is 12.0. The zero-order valence-electron chi connectivity index (χ0n) is 14.4. The van der Waals surface area contributed by atoms with Crippen molar-refractivity contribution in [3.05, 3.63) is 35.9 Å². The van der Waals surface area contributed by atoms with Crippen LogP contribution in [0.2, 0.25) is 0 Å². The zero-order valence-corrected chi connectivity index (χ0v) is 15.2. The number of fused-ring (bicyclic) bond motifs is 1. The lowest BCUT2D eigenvalue weighted by Gasteiger charge is -2.48. The van der Waals surface area contributed by atoms with Gasteiger partial charge in [-0.05, 0) is 31.4 Å². The minimum atomic E-state index is -3.71. The Balaban J connectivity index is 1.79. The third-order valence-corrected chi connectivity index (χ3v) is 7.26. The fourth-order valence-electron chi connectivity index (χ4n) is 3.92. The topological polar surface area (TPSA) is 90.0 Å². The van der Waals surface area contributed by atoms with E-state index in [1.54, 1.807) is 7.05 Å². The van der Waals surface area contributed by atoms with E-state index in [1.807, 2.05) is 30.3 Å². The van der Waals surface area contributed by atoms with E-state index in [0.29, 0.717) is 19.4 Å². The number of hydrogen-bond donors (Lipinski definition) is 2. The summed E-state index contributed by atoms with van der Waals surface area (Å²) in [5.41, 5.74) is -0.132. The second-order valence-electron chi connectivity index (χ2n) is 6.94. The quantitative estimate of drug-likeness (QED) is 0.807. The van der Waals surface area contributed by atoms with Gasteiger partial charge in [0.15, 0.2) is 0 Å². The molecule has 2 aliphatic rings. The number of rotatable bonds is 5. The predicted octanol–water partition coefficient (Wildman–Crippen LogP) is 0.892. The molecule has 138 valence electrons. The minimum Gasteiger partial charge on any atom is -0.481 e. The van der Waals surface area contributed by atoms with Gasteiger partial charge in [-0.1, -0.05) is 30.3 Å². The third-order valence-electron chi connectivity index (χ3n) is 5.38. The predicted molar refractivity (Wildman–Crippen MR) is 94.1 cm³/mol. The Morgan fingerprint density at radius 2 is 2.12 bits per heavy atom. The van der Waals surface area contributed by atoms with E-state index in [-0.39, 0.29) is 19.1 Å². The monoisotopic (exact) mass is 367 g/mol. The van der Waals surface area contributed by atoms with Crippen molar-refractivity contribution in [1.82, 2.24) is 13.9 Å². The molecule has 2 saturated heterocycles. The molecule has 2 N–H and O–H groups in total. The van der Waals surface area contributed by atoms with Gasteiger partial charge in [0.25, 0.3) is 10.2 Å². The maximum Gasteiger partial charge on any atom is 0.312 e. The molecule has 2 fully saturated rings. The van der Waals surface area contributed by atoms with Crippen LogP contribution >= 0.6 is 0 Å². The van der Waals surface area contributed by atoms with Gasteiger partial charge in [0.2, 0.25) is 0 Å². The molecule has 2 atom stereocenters. The van der Waals surface area contributed by atoms with Gasteiger partial charge in [-0.15, -0.1) is 0 Å². The molecule has 1 aromatic carbocycles. The lowest BCUT2D eigenvalue weighted by atomic mass is 9.71. The number of nitrogens with zero attached hydrogens (tertiary/aromatic N) is 2. The van der Waals surface area contributed by atoms with Gasteiger partial charge in [0.05, 0.1) is 5.41 Å². The van der Waals surface area contributed by atoms with E-state index in [1.165, 1.54) is 8.61 Å². The molecule has 0 radical (unpaired) electrons. The highest BCUT2D eigenvalue weighted by Crippen LogP contribution is 2.39. The summed E-state index contributed by atoms with van der Waals surface area (Å²) in [6, 6.07) is 9.21. The third kappa shape index (κ3) is 3.44. The molecule has 1 aromatic rings. The number of carboxylic acid groups (broad SMARTS) is 1. The molecule has 0 saturated carbocycles. The van der Waals surface area contributed by atoms with E-state index in [0.717, 1.165) is 18.5 Å². The average Bonchev–Trinajstić information content (AvgIpc) is 2.61. The first kappa shape index (κ1) is 18.3. The lowest BCUT2D eigenvalue weighted by molar-refractivity contribution is -0.155. The van der Waals surface area contributed by atoms with Gasteiger partial charge >= 0.3 is 5.97 Å². The smallest absolute Gasteiger partial charge is 0.312 e. The normalized spacial score (nSPS) is 27.8. The maximum absolute atomic E-state index is 13.0. The van der Waals surface area contributed by atoms with Crippen molar-refractivity contribution in [3.8, 4) is 0 Å². The fraction of sp³-hybridized carbons (Fsp3) is 0.588. The van der Waals surface area contributed by atoms with Crippen LogP contribution in [0.25, 0.3) is 0 Å². The number of hydrogen-bond acceptors (Lipinski definition) is 4. The Morgan fingerprint density at radius 1 is 1.40 bits per heavy atom. The molecule has 0 aliphatic carbocycles. The number of nitrogens with one attached hydrogen (secondary N) is 1.